The maximum atomic E-state index is 13.1. The van der Waals surface area contributed by atoms with Crippen LogP contribution in [0.5, 0.6) is 0 Å². The molecule has 0 unspecified atom stereocenters. The second-order valence-electron chi connectivity index (χ2n) is 2.83. The minimum absolute atomic E-state index is 0.0787. The Morgan fingerprint density at radius 1 is 1.57 bits per heavy atom. The van der Waals surface area contributed by atoms with Crippen molar-refractivity contribution in [2.45, 2.75) is 13.3 Å². The highest BCUT2D eigenvalue weighted by Crippen LogP contribution is 2.12. The van der Waals surface area contributed by atoms with Crippen molar-refractivity contribution in [2.75, 3.05) is 12.3 Å². The van der Waals surface area contributed by atoms with E-state index in [0.717, 1.165) is 0 Å². The molecule has 0 heterocycles. The smallest absolute Gasteiger partial charge is 0.310 e. The van der Waals surface area contributed by atoms with E-state index in [-0.39, 0.29) is 12.0 Å². The number of carbonyl (C=O) groups excluding carboxylic acids is 1. The number of benzene rings is 1. The standard InChI is InChI=1S/C10H12FNO2/c1-2-14-10(13)6-7-5-8(12)3-4-9(7)11/h3-5H,2,6,12H2,1H3. The fourth-order valence-corrected chi connectivity index (χ4v) is 1.10. The molecule has 1 aromatic carbocycles. The zero-order chi connectivity index (χ0) is 10.6. The highest BCUT2D eigenvalue weighted by Gasteiger charge is 2.08. The first-order chi connectivity index (χ1) is 6.63. The summed E-state index contributed by atoms with van der Waals surface area (Å²) in [5, 5.41) is 0. The zero-order valence-electron chi connectivity index (χ0n) is 7.92. The van der Waals surface area contributed by atoms with Gasteiger partial charge in [0.1, 0.15) is 5.82 Å². The quantitative estimate of drug-likeness (QED) is 0.590. The van der Waals surface area contributed by atoms with Gasteiger partial charge in [-0.25, -0.2) is 4.39 Å². The Bertz CT molecular complexity index is 339. The van der Waals surface area contributed by atoms with Gasteiger partial charge in [0.15, 0.2) is 0 Å². The van der Waals surface area contributed by atoms with Gasteiger partial charge in [-0.15, -0.1) is 0 Å². The molecule has 1 aromatic rings. The first-order valence-corrected chi connectivity index (χ1v) is 4.33. The molecule has 76 valence electrons. The molecule has 0 aliphatic heterocycles. The highest BCUT2D eigenvalue weighted by atomic mass is 19.1. The lowest BCUT2D eigenvalue weighted by Crippen LogP contribution is -2.09. The second kappa shape index (κ2) is 4.60. The van der Waals surface area contributed by atoms with Crippen molar-refractivity contribution >= 4 is 11.7 Å². The third-order valence-electron chi connectivity index (χ3n) is 1.71. The van der Waals surface area contributed by atoms with Gasteiger partial charge in [0.05, 0.1) is 13.0 Å². The Morgan fingerprint density at radius 3 is 2.93 bits per heavy atom. The Labute approximate surface area is 81.7 Å². The van der Waals surface area contributed by atoms with Crippen LogP contribution >= 0.6 is 0 Å². The fourth-order valence-electron chi connectivity index (χ4n) is 1.10. The summed E-state index contributed by atoms with van der Waals surface area (Å²) in [6, 6.07) is 4.13. The van der Waals surface area contributed by atoms with Crippen molar-refractivity contribution in [1.82, 2.24) is 0 Å². The van der Waals surface area contributed by atoms with Crippen LogP contribution in [0.4, 0.5) is 10.1 Å². The molecule has 2 N–H and O–H groups in total. The maximum absolute atomic E-state index is 13.1. The van der Waals surface area contributed by atoms with Crippen LogP contribution in [0.15, 0.2) is 18.2 Å². The van der Waals surface area contributed by atoms with Gasteiger partial charge in [0.25, 0.3) is 0 Å². The molecule has 0 saturated carbocycles. The molecule has 0 aliphatic carbocycles. The van der Waals surface area contributed by atoms with E-state index in [1.807, 2.05) is 0 Å². The van der Waals surface area contributed by atoms with Crippen LogP contribution in [0.1, 0.15) is 12.5 Å². The zero-order valence-corrected chi connectivity index (χ0v) is 7.92. The molecule has 4 heteroatoms. The van der Waals surface area contributed by atoms with Crippen LogP contribution < -0.4 is 5.73 Å². The summed E-state index contributed by atoms with van der Waals surface area (Å²) in [4.78, 5) is 11.0. The van der Waals surface area contributed by atoms with E-state index < -0.39 is 11.8 Å². The summed E-state index contributed by atoms with van der Waals surface area (Å²) >= 11 is 0. The van der Waals surface area contributed by atoms with Gasteiger partial charge in [-0.3, -0.25) is 4.79 Å². The summed E-state index contributed by atoms with van der Waals surface area (Å²) in [6.07, 6.45) is -0.0787. The summed E-state index contributed by atoms with van der Waals surface area (Å²) in [6.45, 7) is 2.00. The highest BCUT2D eigenvalue weighted by molar-refractivity contribution is 5.73. The number of nitrogen functional groups attached to an aromatic ring is 1. The van der Waals surface area contributed by atoms with Crippen LogP contribution in [0.25, 0.3) is 0 Å². The predicted molar refractivity (Wildman–Crippen MR) is 51.1 cm³/mol. The Balaban J connectivity index is 2.75. The summed E-state index contributed by atoms with van der Waals surface area (Å²) in [5.74, 6) is -0.885. The first-order valence-electron chi connectivity index (χ1n) is 4.33. The van der Waals surface area contributed by atoms with Gasteiger partial charge < -0.3 is 10.5 Å². The van der Waals surface area contributed by atoms with E-state index in [1.54, 1.807) is 6.92 Å². The van der Waals surface area contributed by atoms with Crippen LogP contribution in [-0.4, -0.2) is 12.6 Å². The van der Waals surface area contributed by atoms with Gasteiger partial charge in [-0.2, -0.15) is 0 Å². The van der Waals surface area contributed by atoms with Crippen LogP contribution in [-0.2, 0) is 16.0 Å². The van der Waals surface area contributed by atoms with E-state index in [9.17, 15) is 9.18 Å². The Hall–Kier alpha value is -1.58. The Kier molecular flexibility index (Phi) is 3.45. The molecular weight excluding hydrogens is 185 g/mol. The van der Waals surface area contributed by atoms with Crippen molar-refractivity contribution in [3.63, 3.8) is 0 Å². The third kappa shape index (κ3) is 2.73. The number of anilines is 1. The number of rotatable bonds is 3. The first kappa shape index (κ1) is 10.5. The van der Waals surface area contributed by atoms with Gasteiger partial charge in [0, 0.05) is 11.3 Å². The van der Waals surface area contributed by atoms with Crippen molar-refractivity contribution < 1.29 is 13.9 Å². The average molecular weight is 197 g/mol. The summed E-state index contributed by atoms with van der Waals surface area (Å²) in [7, 11) is 0. The molecule has 0 saturated heterocycles. The number of hydrogen-bond donors (Lipinski definition) is 1. The van der Waals surface area contributed by atoms with Crippen LogP contribution in [0, 0.1) is 5.82 Å². The van der Waals surface area contributed by atoms with Gasteiger partial charge in [-0.05, 0) is 25.1 Å². The topological polar surface area (TPSA) is 52.3 Å². The SMILES string of the molecule is CCOC(=O)Cc1cc(N)ccc1F. The molecular formula is C10H12FNO2. The van der Waals surface area contributed by atoms with E-state index in [0.29, 0.717) is 12.3 Å². The lowest BCUT2D eigenvalue weighted by molar-refractivity contribution is -0.142. The molecule has 1 rings (SSSR count). The van der Waals surface area contributed by atoms with Crippen molar-refractivity contribution in [3.05, 3.63) is 29.6 Å². The van der Waals surface area contributed by atoms with Crippen LogP contribution in [0.3, 0.4) is 0 Å². The minimum Gasteiger partial charge on any atom is -0.466 e. The molecule has 0 radical (unpaired) electrons. The van der Waals surface area contributed by atoms with E-state index in [4.69, 9.17) is 10.5 Å². The average Bonchev–Trinajstić information content (AvgIpc) is 2.12. The van der Waals surface area contributed by atoms with E-state index in [1.165, 1.54) is 18.2 Å². The fraction of sp³-hybridized carbons (Fsp3) is 0.300. The van der Waals surface area contributed by atoms with Gasteiger partial charge in [0.2, 0.25) is 0 Å². The second-order valence-corrected chi connectivity index (χ2v) is 2.83. The van der Waals surface area contributed by atoms with Crippen molar-refractivity contribution in [3.8, 4) is 0 Å². The number of halogens is 1. The molecule has 14 heavy (non-hydrogen) atoms. The molecule has 0 fully saturated rings. The number of esters is 1. The predicted octanol–water partition coefficient (Wildman–Crippen LogP) is 1.51. The summed E-state index contributed by atoms with van der Waals surface area (Å²) in [5.41, 5.74) is 6.16. The third-order valence-corrected chi connectivity index (χ3v) is 1.71. The lowest BCUT2D eigenvalue weighted by atomic mass is 10.1. The van der Waals surface area contributed by atoms with Crippen molar-refractivity contribution in [2.24, 2.45) is 0 Å². The lowest BCUT2D eigenvalue weighted by Gasteiger charge is -2.04. The largest absolute Gasteiger partial charge is 0.466 e. The van der Waals surface area contributed by atoms with Gasteiger partial charge >= 0.3 is 5.97 Å². The number of hydrogen-bond acceptors (Lipinski definition) is 3. The maximum Gasteiger partial charge on any atom is 0.310 e. The number of nitrogens with two attached hydrogens (primary N) is 1. The molecule has 0 atom stereocenters. The molecule has 0 aliphatic rings. The van der Waals surface area contributed by atoms with Crippen molar-refractivity contribution in [1.29, 1.82) is 0 Å². The number of ether oxygens (including phenoxy) is 1. The Morgan fingerprint density at radius 2 is 2.29 bits per heavy atom. The van der Waals surface area contributed by atoms with Gasteiger partial charge in [-0.1, -0.05) is 0 Å². The van der Waals surface area contributed by atoms with E-state index >= 15 is 0 Å². The molecule has 0 bridgehead atoms. The normalized spacial score (nSPS) is 9.86. The summed E-state index contributed by atoms with van der Waals surface area (Å²) < 4.78 is 17.8. The molecule has 3 nitrogen and oxygen atoms in total. The van der Waals surface area contributed by atoms with E-state index in [2.05, 4.69) is 0 Å². The van der Waals surface area contributed by atoms with Crippen LogP contribution in [0.2, 0.25) is 0 Å². The minimum atomic E-state index is -0.447. The molecule has 0 spiro atoms. The monoisotopic (exact) mass is 197 g/mol. The number of carbonyl (C=O) groups is 1. The molecule has 0 amide bonds. The molecule has 0 aromatic heterocycles.